The Kier molecular flexibility index (Phi) is 3.59. The van der Waals surface area contributed by atoms with Gasteiger partial charge >= 0.3 is 7.48 Å². The number of rotatable bonds is 3. The second kappa shape index (κ2) is 4.34. The zero-order chi connectivity index (χ0) is 10.8. The normalized spacial score (nSPS) is 11.5. The van der Waals surface area contributed by atoms with Crippen LogP contribution in [0.25, 0.3) is 0 Å². The molecule has 1 aromatic rings. The molecule has 0 fully saturated rings. The molecule has 0 aliphatic heterocycles. The predicted molar refractivity (Wildman–Crippen MR) is 58.9 cm³/mol. The van der Waals surface area contributed by atoms with Crippen LogP contribution >= 0.6 is 11.6 Å². The average molecular weight is 211 g/mol. The quantitative estimate of drug-likeness (QED) is 0.576. The first-order chi connectivity index (χ1) is 6.49. The SMILES string of the molecule is CC(C)(O)c1cc(CCl)ccc1[B]O. The van der Waals surface area contributed by atoms with Crippen molar-refractivity contribution >= 4 is 24.5 Å². The van der Waals surface area contributed by atoms with Crippen LogP contribution in [-0.4, -0.2) is 17.6 Å². The van der Waals surface area contributed by atoms with Crippen molar-refractivity contribution in [2.45, 2.75) is 25.3 Å². The molecule has 0 atom stereocenters. The van der Waals surface area contributed by atoms with Crippen LogP contribution < -0.4 is 5.46 Å². The van der Waals surface area contributed by atoms with Gasteiger partial charge in [0.05, 0.1) is 5.60 Å². The van der Waals surface area contributed by atoms with Gasteiger partial charge in [-0.3, -0.25) is 0 Å². The van der Waals surface area contributed by atoms with E-state index in [1.54, 1.807) is 26.0 Å². The largest absolute Gasteiger partial charge is 0.450 e. The number of aliphatic hydroxyl groups is 1. The summed E-state index contributed by atoms with van der Waals surface area (Å²) in [6.07, 6.45) is 0. The summed E-state index contributed by atoms with van der Waals surface area (Å²) in [5.41, 5.74) is 1.25. The highest BCUT2D eigenvalue weighted by Crippen LogP contribution is 2.19. The van der Waals surface area contributed by atoms with Crippen molar-refractivity contribution in [1.29, 1.82) is 0 Å². The molecule has 0 aromatic heterocycles. The summed E-state index contributed by atoms with van der Waals surface area (Å²) in [5.74, 6) is 0.398. The molecule has 0 amide bonds. The Morgan fingerprint density at radius 3 is 2.50 bits per heavy atom. The Hall–Kier alpha value is -0.505. The molecule has 4 heteroatoms. The number of hydrogen-bond acceptors (Lipinski definition) is 2. The van der Waals surface area contributed by atoms with Gasteiger partial charge < -0.3 is 10.1 Å². The molecule has 0 spiro atoms. The number of hydrogen-bond donors (Lipinski definition) is 2. The highest BCUT2D eigenvalue weighted by molar-refractivity contribution is 6.46. The molecule has 0 saturated carbocycles. The third-order valence-electron chi connectivity index (χ3n) is 2.07. The molecule has 0 heterocycles. The topological polar surface area (TPSA) is 40.5 Å². The fourth-order valence-corrected chi connectivity index (χ4v) is 1.50. The second-order valence-corrected chi connectivity index (χ2v) is 4.01. The molecule has 1 radical (unpaired) electrons. The van der Waals surface area contributed by atoms with E-state index in [2.05, 4.69) is 0 Å². The van der Waals surface area contributed by atoms with Crippen molar-refractivity contribution in [1.82, 2.24) is 0 Å². The van der Waals surface area contributed by atoms with Gasteiger partial charge in [0.2, 0.25) is 0 Å². The van der Waals surface area contributed by atoms with Gasteiger partial charge in [-0.25, -0.2) is 0 Å². The molecular weight excluding hydrogens is 198 g/mol. The van der Waals surface area contributed by atoms with Crippen molar-refractivity contribution in [3.05, 3.63) is 29.3 Å². The molecule has 0 aliphatic carbocycles. The van der Waals surface area contributed by atoms with Crippen LogP contribution in [0.2, 0.25) is 0 Å². The first kappa shape index (κ1) is 11.6. The van der Waals surface area contributed by atoms with Crippen molar-refractivity contribution in [3.8, 4) is 0 Å². The lowest BCUT2D eigenvalue weighted by molar-refractivity contribution is 0.0795. The van der Waals surface area contributed by atoms with Gasteiger partial charge in [0.1, 0.15) is 0 Å². The van der Waals surface area contributed by atoms with Crippen LogP contribution in [0.1, 0.15) is 25.0 Å². The average Bonchev–Trinajstić information content (AvgIpc) is 2.15. The molecule has 1 aromatic carbocycles. The first-order valence-electron chi connectivity index (χ1n) is 4.38. The maximum absolute atomic E-state index is 9.85. The summed E-state index contributed by atoms with van der Waals surface area (Å²) < 4.78 is 0. The number of benzene rings is 1. The maximum atomic E-state index is 9.85. The molecule has 1 rings (SSSR count). The van der Waals surface area contributed by atoms with E-state index in [9.17, 15) is 5.11 Å². The van der Waals surface area contributed by atoms with Crippen molar-refractivity contribution in [2.75, 3.05) is 0 Å². The monoisotopic (exact) mass is 211 g/mol. The molecular formula is C10H13BClO2. The second-order valence-electron chi connectivity index (χ2n) is 3.74. The summed E-state index contributed by atoms with van der Waals surface area (Å²) in [6, 6.07) is 5.37. The van der Waals surface area contributed by atoms with Crippen molar-refractivity contribution < 1.29 is 10.1 Å². The molecule has 2 N–H and O–H groups in total. The lowest BCUT2D eigenvalue weighted by Crippen LogP contribution is -2.29. The molecule has 0 bridgehead atoms. The van der Waals surface area contributed by atoms with Gasteiger partial charge in [0.25, 0.3) is 0 Å². The minimum Gasteiger partial charge on any atom is -0.450 e. The Balaban J connectivity index is 3.22. The van der Waals surface area contributed by atoms with E-state index in [-0.39, 0.29) is 0 Å². The smallest absolute Gasteiger partial charge is 0.327 e. The van der Waals surface area contributed by atoms with E-state index in [4.69, 9.17) is 16.6 Å². The molecule has 2 nitrogen and oxygen atoms in total. The summed E-state index contributed by atoms with van der Waals surface area (Å²) >= 11 is 5.69. The molecule has 0 saturated heterocycles. The van der Waals surface area contributed by atoms with E-state index in [0.717, 1.165) is 13.0 Å². The van der Waals surface area contributed by atoms with Crippen LogP contribution in [-0.2, 0) is 11.5 Å². The molecule has 0 unspecified atom stereocenters. The van der Waals surface area contributed by atoms with Crippen LogP contribution in [0.5, 0.6) is 0 Å². The summed E-state index contributed by atoms with van der Waals surface area (Å²) in [4.78, 5) is 0. The minimum atomic E-state index is -0.976. The molecule has 75 valence electrons. The van der Waals surface area contributed by atoms with Gasteiger partial charge in [0, 0.05) is 5.88 Å². The Morgan fingerprint density at radius 1 is 1.43 bits per heavy atom. The minimum absolute atomic E-state index is 0.398. The Labute approximate surface area is 89.8 Å². The van der Waals surface area contributed by atoms with Crippen LogP contribution in [0.15, 0.2) is 18.2 Å². The van der Waals surface area contributed by atoms with Crippen LogP contribution in [0, 0.1) is 0 Å². The van der Waals surface area contributed by atoms with Gasteiger partial charge in [-0.15, -0.1) is 11.6 Å². The van der Waals surface area contributed by atoms with Crippen molar-refractivity contribution in [3.63, 3.8) is 0 Å². The zero-order valence-electron chi connectivity index (χ0n) is 8.29. The van der Waals surface area contributed by atoms with Crippen LogP contribution in [0.3, 0.4) is 0 Å². The van der Waals surface area contributed by atoms with E-state index in [0.29, 0.717) is 16.9 Å². The Bertz CT molecular complexity index is 320. The van der Waals surface area contributed by atoms with Gasteiger partial charge in [0.15, 0.2) is 0 Å². The zero-order valence-corrected chi connectivity index (χ0v) is 9.04. The lowest BCUT2D eigenvalue weighted by atomic mass is 9.78. The number of halogens is 1. The highest BCUT2D eigenvalue weighted by Gasteiger charge is 2.20. The van der Waals surface area contributed by atoms with Gasteiger partial charge in [-0.1, -0.05) is 18.2 Å². The predicted octanol–water partition coefficient (Wildman–Crippen LogP) is 0.890. The van der Waals surface area contributed by atoms with E-state index >= 15 is 0 Å². The first-order valence-corrected chi connectivity index (χ1v) is 4.91. The summed E-state index contributed by atoms with van der Waals surface area (Å²) in [6.45, 7) is 3.35. The fourth-order valence-electron chi connectivity index (χ4n) is 1.33. The highest BCUT2D eigenvalue weighted by atomic mass is 35.5. The lowest BCUT2D eigenvalue weighted by Gasteiger charge is -2.21. The molecule has 14 heavy (non-hydrogen) atoms. The van der Waals surface area contributed by atoms with E-state index in [1.165, 1.54) is 0 Å². The Morgan fingerprint density at radius 2 is 2.07 bits per heavy atom. The summed E-state index contributed by atoms with van der Waals surface area (Å²) in [7, 11) is 0.991. The number of alkyl halides is 1. The fraction of sp³-hybridized carbons (Fsp3) is 0.400. The maximum Gasteiger partial charge on any atom is 0.327 e. The van der Waals surface area contributed by atoms with E-state index < -0.39 is 5.60 Å². The summed E-state index contributed by atoms with van der Waals surface area (Å²) in [5, 5.41) is 18.8. The molecule has 0 aliphatic rings. The third kappa shape index (κ3) is 2.50. The van der Waals surface area contributed by atoms with Crippen LogP contribution in [0.4, 0.5) is 0 Å². The van der Waals surface area contributed by atoms with Crippen molar-refractivity contribution in [2.24, 2.45) is 0 Å². The van der Waals surface area contributed by atoms with Gasteiger partial charge in [-0.05, 0) is 30.4 Å². The van der Waals surface area contributed by atoms with E-state index in [1.807, 2.05) is 6.07 Å². The third-order valence-corrected chi connectivity index (χ3v) is 2.38. The standard InChI is InChI=1S/C10H13BClO2/c1-10(2,13)8-5-7(6-12)3-4-9(8)11-14/h3-5,13-14H,6H2,1-2H3. The van der Waals surface area contributed by atoms with Gasteiger partial charge in [-0.2, -0.15) is 0 Å².